The molecule has 0 radical (unpaired) electrons. The van der Waals surface area contributed by atoms with Gasteiger partial charge in [0.2, 0.25) is 21.1 Å². The number of hydrogen-bond donors (Lipinski definition) is 0. The van der Waals surface area contributed by atoms with Crippen LogP contribution in [0.4, 0.5) is 22.0 Å². The molecule has 1 saturated carbocycles. The molecule has 1 aromatic rings. The average Bonchev–Trinajstić information content (AvgIpc) is 3.23. The van der Waals surface area contributed by atoms with Crippen molar-refractivity contribution < 1.29 is 35.2 Å². The van der Waals surface area contributed by atoms with Gasteiger partial charge in [-0.25, -0.2) is 30.4 Å². The average molecular weight is 364 g/mol. The number of halogens is 6. The number of nitrogens with zero attached hydrogens (tertiary/aromatic N) is 1. The summed E-state index contributed by atoms with van der Waals surface area (Å²) in [5, 5.41) is -1.11. The monoisotopic (exact) mass is 363 g/mol. The van der Waals surface area contributed by atoms with E-state index in [0.717, 1.165) is 7.05 Å². The maximum atomic E-state index is 13.6. The van der Waals surface area contributed by atoms with E-state index in [1.165, 1.54) is 0 Å². The molecular weight excluding hydrogens is 357 g/mol. The maximum absolute atomic E-state index is 13.6. The van der Waals surface area contributed by atoms with E-state index in [1.54, 1.807) is 0 Å². The first-order chi connectivity index (χ1) is 9.98. The summed E-state index contributed by atoms with van der Waals surface area (Å²) in [6, 6.07) is 0. The minimum absolute atomic E-state index is 0.0273. The van der Waals surface area contributed by atoms with Crippen LogP contribution >= 0.6 is 11.6 Å². The molecule has 0 unspecified atom stereocenters. The molecule has 11 heteroatoms. The summed E-state index contributed by atoms with van der Waals surface area (Å²) in [7, 11) is -4.39. The number of carbonyl (C=O) groups is 1. The Morgan fingerprint density at radius 2 is 1.36 bits per heavy atom. The first kappa shape index (κ1) is 17.1. The van der Waals surface area contributed by atoms with Crippen molar-refractivity contribution in [3.05, 3.63) is 29.1 Å². The Labute approximate surface area is 126 Å². The molecule has 0 spiro atoms. The van der Waals surface area contributed by atoms with Crippen LogP contribution in [-0.2, 0) is 14.8 Å². The van der Waals surface area contributed by atoms with Gasteiger partial charge in [-0.2, -0.15) is 4.31 Å². The fraction of sp³-hybridized carbons (Fsp3) is 0.364. The van der Waals surface area contributed by atoms with Gasteiger partial charge >= 0.3 is 0 Å². The molecular formula is C11H7ClF5NO3S. The number of benzene rings is 1. The Morgan fingerprint density at radius 1 is 1.00 bits per heavy atom. The summed E-state index contributed by atoms with van der Waals surface area (Å²) in [5.41, 5.74) is -1.74. The SMILES string of the molecule is CN(C1(C(=O)Cl)CC1)S(=O)(=O)c1c(F)c(F)c(F)c(F)c1F. The van der Waals surface area contributed by atoms with Crippen LogP contribution < -0.4 is 0 Å². The number of hydrogen-bond acceptors (Lipinski definition) is 3. The zero-order valence-corrected chi connectivity index (χ0v) is 12.3. The summed E-state index contributed by atoms with van der Waals surface area (Å²) in [6.45, 7) is 0. The molecule has 0 bridgehead atoms. The van der Waals surface area contributed by atoms with Crippen LogP contribution in [0.1, 0.15) is 12.8 Å². The van der Waals surface area contributed by atoms with E-state index in [1.807, 2.05) is 0 Å². The van der Waals surface area contributed by atoms with E-state index >= 15 is 0 Å². The molecule has 1 aliphatic carbocycles. The molecule has 22 heavy (non-hydrogen) atoms. The molecule has 0 heterocycles. The van der Waals surface area contributed by atoms with Gasteiger partial charge in [0.1, 0.15) is 5.54 Å². The fourth-order valence-corrected chi connectivity index (χ4v) is 3.93. The maximum Gasteiger partial charge on any atom is 0.249 e. The lowest BCUT2D eigenvalue weighted by atomic mass is 10.3. The molecule has 1 aromatic carbocycles. The van der Waals surface area contributed by atoms with Gasteiger partial charge in [-0.1, -0.05) is 0 Å². The van der Waals surface area contributed by atoms with Crippen molar-refractivity contribution >= 4 is 26.9 Å². The molecule has 4 nitrogen and oxygen atoms in total. The first-order valence-corrected chi connectivity index (χ1v) is 7.50. The van der Waals surface area contributed by atoms with E-state index in [0.29, 0.717) is 0 Å². The highest BCUT2D eigenvalue weighted by Gasteiger charge is 2.57. The van der Waals surface area contributed by atoms with Crippen molar-refractivity contribution in [3.63, 3.8) is 0 Å². The quantitative estimate of drug-likeness (QED) is 0.357. The van der Waals surface area contributed by atoms with Gasteiger partial charge in [0, 0.05) is 7.05 Å². The number of likely N-dealkylation sites (N-methyl/N-ethyl adjacent to an activating group) is 1. The van der Waals surface area contributed by atoms with E-state index in [2.05, 4.69) is 0 Å². The topological polar surface area (TPSA) is 54.5 Å². The highest BCUT2D eigenvalue weighted by molar-refractivity contribution is 7.89. The minimum atomic E-state index is -5.17. The molecule has 0 amide bonds. The molecule has 1 fully saturated rings. The second-order valence-electron chi connectivity index (χ2n) is 4.68. The van der Waals surface area contributed by atoms with E-state index in [9.17, 15) is 35.2 Å². The lowest BCUT2D eigenvalue weighted by Crippen LogP contribution is -2.43. The highest BCUT2D eigenvalue weighted by atomic mass is 35.5. The molecule has 1 aliphatic rings. The smallest absolute Gasteiger partial charge is 0.249 e. The van der Waals surface area contributed by atoms with Crippen LogP contribution in [0.15, 0.2) is 4.90 Å². The Balaban J connectivity index is 2.69. The van der Waals surface area contributed by atoms with Crippen LogP contribution in [0, 0.1) is 29.1 Å². The van der Waals surface area contributed by atoms with Gasteiger partial charge < -0.3 is 0 Å². The third-order valence-electron chi connectivity index (χ3n) is 3.48. The molecule has 0 saturated heterocycles. The Hall–Kier alpha value is -1.26. The lowest BCUT2D eigenvalue weighted by Gasteiger charge is -2.24. The van der Waals surface area contributed by atoms with Gasteiger partial charge in [-0.15, -0.1) is 0 Å². The molecule has 122 valence electrons. The molecule has 0 atom stereocenters. The molecule has 2 rings (SSSR count). The summed E-state index contributed by atoms with van der Waals surface area (Å²) in [4.78, 5) is 9.25. The Kier molecular flexibility index (Phi) is 3.99. The second-order valence-corrected chi connectivity index (χ2v) is 6.93. The summed E-state index contributed by atoms with van der Waals surface area (Å²) in [5.74, 6) is -12.3. The van der Waals surface area contributed by atoms with Crippen molar-refractivity contribution in [2.75, 3.05) is 7.05 Å². The third kappa shape index (κ3) is 2.20. The van der Waals surface area contributed by atoms with E-state index in [-0.39, 0.29) is 17.1 Å². The Morgan fingerprint density at radius 3 is 1.68 bits per heavy atom. The largest absolute Gasteiger partial charge is 0.279 e. The van der Waals surface area contributed by atoms with E-state index < -0.39 is 54.8 Å². The predicted octanol–water partition coefficient (Wildman–Crippen LogP) is 2.30. The normalized spacial score (nSPS) is 16.9. The second kappa shape index (κ2) is 5.14. The van der Waals surface area contributed by atoms with Crippen LogP contribution in [0.25, 0.3) is 0 Å². The van der Waals surface area contributed by atoms with Gasteiger partial charge in [0.25, 0.3) is 0 Å². The Bertz CT molecular complexity index is 749. The van der Waals surface area contributed by atoms with Gasteiger partial charge in [0.15, 0.2) is 28.2 Å². The van der Waals surface area contributed by atoms with Crippen molar-refractivity contribution in [1.82, 2.24) is 4.31 Å². The zero-order valence-electron chi connectivity index (χ0n) is 10.8. The van der Waals surface area contributed by atoms with Gasteiger partial charge in [0.05, 0.1) is 0 Å². The van der Waals surface area contributed by atoms with Crippen LogP contribution in [-0.4, -0.2) is 30.6 Å². The fourth-order valence-electron chi connectivity index (χ4n) is 1.93. The van der Waals surface area contributed by atoms with Crippen molar-refractivity contribution in [2.45, 2.75) is 23.3 Å². The third-order valence-corrected chi connectivity index (χ3v) is 5.78. The predicted molar refractivity (Wildman–Crippen MR) is 64.0 cm³/mol. The summed E-state index contributed by atoms with van der Waals surface area (Å²) >= 11 is 5.25. The van der Waals surface area contributed by atoms with Crippen molar-refractivity contribution in [3.8, 4) is 0 Å². The number of rotatable bonds is 4. The summed E-state index contributed by atoms with van der Waals surface area (Å²) in [6.07, 6.45) is -0.0546. The molecule has 0 N–H and O–H groups in total. The van der Waals surface area contributed by atoms with Crippen LogP contribution in [0.2, 0.25) is 0 Å². The summed E-state index contributed by atoms with van der Waals surface area (Å²) < 4.78 is 91.0. The number of carbonyl (C=O) groups excluding carboxylic acids is 1. The minimum Gasteiger partial charge on any atom is -0.279 e. The van der Waals surface area contributed by atoms with Crippen LogP contribution in [0.3, 0.4) is 0 Å². The van der Waals surface area contributed by atoms with Gasteiger partial charge in [-0.05, 0) is 24.4 Å². The molecule has 0 aromatic heterocycles. The molecule has 0 aliphatic heterocycles. The zero-order chi connectivity index (χ0) is 17.0. The van der Waals surface area contributed by atoms with Crippen molar-refractivity contribution in [1.29, 1.82) is 0 Å². The van der Waals surface area contributed by atoms with Gasteiger partial charge in [-0.3, -0.25) is 4.79 Å². The van der Waals surface area contributed by atoms with E-state index in [4.69, 9.17) is 11.6 Å². The highest BCUT2D eigenvalue weighted by Crippen LogP contribution is 2.46. The number of sulfonamides is 1. The lowest BCUT2D eigenvalue weighted by molar-refractivity contribution is -0.115. The van der Waals surface area contributed by atoms with Crippen molar-refractivity contribution in [2.24, 2.45) is 0 Å². The standard InChI is InChI=1S/C11H7ClF5NO3S/c1-18(11(2-3-11)10(12)19)22(20,21)9-7(16)5(14)4(13)6(15)8(9)17/h2-3H2,1H3. The van der Waals surface area contributed by atoms with Crippen LogP contribution in [0.5, 0.6) is 0 Å². The first-order valence-electron chi connectivity index (χ1n) is 5.69.